The largest absolute Gasteiger partial charge is 0.508 e. The summed E-state index contributed by atoms with van der Waals surface area (Å²) in [6, 6.07) is 5.73. The molecule has 0 radical (unpaired) electrons. The minimum absolute atomic E-state index is 0. The lowest BCUT2D eigenvalue weighted by molar-refractivity contribution is 0.470. The van der Waals surface area contributed by atoms with E-state index in [9.17, 15) is 5.11 Å². The first-order valence-corrected chi connectivity index (χ1v) is 5.70. The predicted molar refractivity (Wildman–Crippen MR) is 71.2 cm³/mol. The molecule has 0 spiro atoms. The van der Waals surface area contributed by atoms with Gasteiger partial charge < -0.3 is 10.8 Å². The maximum atomic E-state index is 9.40. The molecular weight excluding hydrogens is 222 g/mol. The molecule has 1 rings (SSSR count). The third kappa shape index (κ3) is 4.42. The third-order valence-electron chi connectivity index (χ3n) is 2.77. The van der Waals surface area contributed by atoms with Crippen LogP contribution in [0.15, 0.2) is 18.2 Å². The Morgan fingerprint density at radius 2 is 2.00 bits per heavy atom. The van der Waals surface area contributed by atoms with Crippen molar-refractivity contribution in [1.82, 2.24) is 0 Å². The van der Waals surface area contributed by atoms with Crippen LogP contribution in [0.2, 0.25) is 0 Å². The quantitative estimate of drug-likeness (QED) is 0.775. The van der Waals surface area contributed by atoms with Crippen LogP contribution in [0.3, 0.4) is 0 Å². The van der Waals surface area contributed by atoms with E-state index in [1.54, 1.807) is 6.07 Å². The minimum Gasteiger partial charge on any atom is -0.508 e. The molecule has 0 aliphatic heterocycles. The summed E-state index contributed by atoms with van der Waals surface area (Å²) in [6.07, 6.45) is 4.67. The molecule has 3 heteroatoms. The number of aromatic hydroxyl groups is 1. The molecular formula is C13H22ClNO. The topological polar surface area (TPSA) is 46.2 Å². The lowest BCUT2D eigenvalue weighted by Gasteiger charge is -2.12. The number of aryl methyl sites for hydroxylation is 1. The van der Waals surface area contributed by atoms with Crippen molar-refractivity contribution in [2.75, 3.05) is 0 Å². The van der Waals surface area contributed by atoms with Crippen molar-refractivity contribution in [3.05, 3.63) is 29.3 Å². The van der Waals surface area contributed by atoms with Gasteiger partial charge in [-0.15, -0.1) is 12.4 Å². The summed E-state index contributed by atoms with van der Waals surface area (Å²) < 4.78 is 0. The van der Waals surface area contributed by atoms with Gasteiger partial charge in [0.15, 0.2) is 0 Å². The zero-order valence-corrected chi connectivity index (χ0v) is 10.9. The highest BCUT2D eigenvalue weighted by Crippen LogP contribution is 2.23. The van der Waals surface area contributed by atoms with Gasteiger partial charge in [0.05, 0.1) is 0 Å². The molecule has 92 valence electrons. The van der Waals surface area contributed by atoms with Crippen molar-refractivity contribution in [2.24, 2.45) is 5.73 Å². The number of nitrogens with two attached hydrogens (primary N) is 1. The van der Waals surface area contributed by atoms with Crippen molar-refractivity contribution in [1.29, 1.82) is 0 Å². The molecule has 1 aromatic rings. The van der Waals surface area contributed by atoms with Gasteiger partial charge in [-0.1, -0.05) is 38.3 Å². The van der Waals surface area contributed by atoms with Crippen LogP contribution in [0, 0.1) is 6.92 Å². The Morgan fingerprint density at radius 1 is 1.31 bits per heavy atom. The van der Waals surface area contributed by atoms with Gasteiger partial charge in [0, 0.05) is 6.04 Å². The first-order valence-electron chi connectivity index (χ1n) is 5.70. The fourth-order valence-electron chi connectivity index (χ4n) is 1.69. The summed E-state index contributed by atoms with van der Waals surface area (Å²) >= 11 is 0. The molecule has 0 aliphatic rings. The SMILES string of the molecule is CCCCC[C@@H](N)c1ccc(O)c(C)c1.Cl. The standard InChI is InChI=1S/C13H21NO.ClH/c1-3-4-5-6-12(14)11-7-8-13(15)10(2)9-11;/h7-9,12,15H,3-6,14H2,1-2H3;1H/t12-;/m1./s1. The normalized spacial score (nSPS) is 11.9. The number of phenols is 1. The molecule has 0 aromatic heterocycles. The highest BCUT2D eigenvalue weighted by molar-refractivity contribution is 5.85. The second-order valence-corrected chi connectivity index (χ2v) is 4.15. The maximum Gasteiger partial charge on any atom is 0.118 e. The van der Waals surface area contributed by atoms with Crippen molar-refractivity contribution in [3.8, 4) is 5.75 Å². The molecule has 0 heterocycles. The highest BCUT2D eigenvalue weighted by Gasteiger charge is 2.06. The van der Waals surface area contributed by atoms with E-state index in [0.29, 0.717) is 5.75 Å². The predicted octanol–water partition coefficient (Wildman–Crippen LogP) is 3.70. The number of halogens is 1. The number of phenolic OH excluding ortho intramolecular Hbond substituents is 1. The van der Waals surface area contributed by atoms with E-state index in [0.717, 1.165) is 17.5 Å². The molecule has 0 aliphatic carbocycles. The van der Waals surface area contributed by atoms with Crippen LogP contribution in [-0.4, -0.2) is 5.11 Å². The Bertz CT molecular complexity index is 315. The summed E-state index contributed by atoms with van der Waals surface area (Å²) in [5, 5.41) is 9.40. The van der Waals surface area contributed by atoms with E-state index >= 15 is 0 Å². The van der Waals surface area contributed by atoms with Crippen LogP contribution in [0.1, 0.15) is 49.8 Å². The van der Waals surface area contributed by atoms with Crippen LogP contribution >= 0.6 is 12.4 Å². The van der Waals surface area contributed by atoms with E-state index in [1.807, 2.05) is 19.1 Å². The van der Waals surface area contributed by atoms with E-state index in [2.05, 4.69) is 6.92 Å². The fourth-order valence-corrected chi connectivity index (χ4v) is 1.69. The van der Waals surface area contributed by atoms with Crippen molar-refractivity contribution >= 4 is 12.4 Å². The van der Waals surface area contributed by atoms with Crippen LogP contribution < -0.4 is 5.73 Å². The van der Waals surface area contributed by atoms with Gasteiger partial charge in [-0.05, 0) is 30.5 Å². The summed E-state index contributed by atoms with van der Waals surface area (Å²) in [6.45, 7) is 4.09. The average Bonchev–Trinajstić information content (AvgIpc) is 2.22. The molecule has 16 heavy (non-hydrogen) atoms. The Kier molecular flexibility index (Phi) is 7.18. The smallest absolute Gasteiger partial charge is 0.118 e. The monoisotopic (exact) mass is 243 g/mol. The summed E-state index contributed by atoms with van der Waals surface area (Å²) in [5.41, 5.74) is 8.10. The lowest BCUT2D eigenvalue weighted by atomic mass is 9.99. The van der Waals surface area contributed by atoms with Gasteiger partial charge in [-0.3, -0.25) is 0 Å². The molecule has 0 unspecified atom stereocenters. The van der Waals surface area contributed by atoms with Crippen LogP contribution in [0.4, 0.5) is 0 Å². The van der Waals surface area contributed by atoms with Gasteiger partial charge in [-0.2, -0.15) is 0 Å². The number of hydrogen-bond acceptors (Lipinski definition) is 2. The molecule has 0 amide bonds. The summed E-state index contributed by atoms with van der Waals surface area (Å²) in [7, 11) is 0. The van der Waals surface area contributed by atoms with Gasteiger partial charge in [-0.25, -0.2) is 0 Å². The number of unbranched alkanes of at least 4 members (excludes halogenated alkanes) is 2. The van der Waals surface area contributed by atoms with E-state index < -0.39 is 0 Å². The molecule has 0 saturated carbocycles. The van der Waals surface area contributed by atoms with Gasteiger partial charge >= 0.3 is 0 Å². The number of hydrogen-bond donors (Lipinski definition) is 2. The molecule has 2 nitrogen and oxygen atoms in total. The van der Waals surface area contributed by atoms with E-state index in [-0.39, 0.29) is 18.4 Å². The Hall–Kier alpha value is -0.730. The first-order chi connectivity index (χ1) is 7.15. The number of benzene rings is 1. The third-order valence-corrected chi connectivity index (χ3v) is 2.77. The lowest BCUT2D eigenvalue weighted by Crippen LogP contribution is -2.10. The molecule has 3 N–H and O–H groups in total. The van der Waals surface area contributed by atoms with Gasteiger partial charge in [0.1, 0.15) is 5.75 Å². The minimum atomic E-state index is 0. The van der Waals surface area contributed by atoms with E-state index in [1.165, 1.54) is 19.3 Å². The molecule has 1 aromatic carbocycles. The fraction of sp³-hybridized carbons (Fsp3) is 0.538. The Labute approximate surface area is 104 Å². The molecule has 0 fully saturated rings. The Balaban J connectivity index is 0.00000225. The van der Waals surface area contributed by atoms with Gasteiger partial charge in [0.25, 0.3) is 0 Å². The molecule has 0 saturated heterocycles. The first kappa shape index (κ1) is 15.3. The second-order valence-electron chi connectivity index (χ2n) is 4.15. The van der Waals surface area contributed by atoms with Crippen LogP contribution in [0.25, 0.3) is 0 Å². The van der Waals surface area contributed by atoms with E-state index in [4.69, 9.17) is 5.73 Å². The highest BCUT2D eigenvalue weighted by atomic mass is 35.5. The van der Waals surface area contributed by atoms with Crippen LogP contribution in [-0.2, 0) is 0 Å². The zero-order valence-electron chi connectivity index (χ0n) is 10.1. The zero-order chi connectivity index (χ0) is 11.3. The number of rotatable bonds is 5. The maximum absolute atomic E-state index is 9.40. The molecule has 1 atom stereocenters. The summed E-state index contributed by atoms with van der Waals surface area (Å²) in [4.78, 5) is 0. The second kappa shape index (κ2) is 7.53. The average molecular weight is 244 g/mol. The van der Waals surface area contributed by atoms with Crippen molar-refractivity contribution in [3.63, 3.8) is 0 Å². The van der Waals surface area contributed by atoms with Gasteiger partial charge in [0.2, 0.25) is 0 Å². The van der Waals surface area contributed by atoms with Crippen LogP contribution in [0.5, 0.6) is 5.75 Å². The molecule has 0 bridgehead atoms. The Morgan fingerprint density at radius 3 is 2.56 bits per heavy atom. The van der Waals surface area contributed by atoms with Crippen molar-refractivity contribution in [2.45, 2.75) is 45.6 Å². The summed E-state index contributed by atoms with van der Waals surface area (Å²) in [5.74, 6) is 0.347. The van der Waals surface area contributed by atoms with Crippen molar-refractivity contribution < 1.29 is 5.11 Å².